The van der Waals surface area contributed by atoms with E-state index < -0.39 is 0 Å². The van der Waals surface area contributed by atoms with E-state index >= 15 is 0 Å². The van der Waals surface area contributed by atoms with Crippen LogP contribution < -0.4 is 14.2 Å². The third-order valence-corrected chi connectivity index (χ3v) is 8.71. The van der Waals surface area contributed by atoms with Crippen molar-refractivity contribution in [3.05, 3.63) is 147 Å². The van der Waals surface area contributed by atoms with Crippen molar-refractivity contribution in [2.24, 2.45) is 0 Å². The monoisotopic (exact) mass is 693 g/mol. The van der Waals surface area contributed by atoms with Gasteiger partial charge in [0.15, 0.2) is 5.75 Å². The highest BCUT2D eigenvalue weighted by molar-refractivity contribution is 6.32. The molecule has 0 N–H and O–H groups in total. The van der Waals surface area contributed by atoms with Gasteiger partial charge in [0.05, 0.1) is 11.2 Å². The van der Waals surface area contributed by atoms with Gasteiger partial charge in [-0.05, 0) is 96.8 Å². The van der Waals surface area contributed by atoms with E-state index in [2.05, 4.69) is 41.1 Å². The zero-order chi connectivity index (χ0) is 34.2. The number of amides is 1. The summed E-state index contributed by atoms with van der Waals surface area (Å²) in [6.07, 6.45) is 5.04. The Labute approximate surface area is 297 Å². The van der Waals surface area contributed by atoms with Gasteiger partial charge in [-0.2, -0.15) is 0 Å². The second-order valence-electron chi connectivity index (χ2n) is 12.0. The maximum absolute atomic E-state index is 13.0. The van der Waals surface area contributed by atoms with Gasteiger partial charge in [-0.15, -0.1) is 0 Å². The highest BCUT2D eigenvalue weighted by atomic mass is 35.5. The van der Waals surface area contributed by atoms with Crippen LogP contribution in [0.5, 0.6) is 28.9 Å². The number of halogens is 2. The molecule has 4 aromatic carbocycles. The lowest BCUT2D eigenvalue weighted by atomic mass is 10.1. The number of hydrogen-bond donors (Lipinski definition) is 0. The number of hydrogen-bond acceptors (Lipinski definition) is 6. The van der Waals surface area contributed by atoms with Crippen LogP contribution in [-0.2, 0) is 17.9 Å². The molecule has 1 aromatic heterocycles. The zero-order valence-corrected chi connectivity index (χ0v) is 29.0. The third-order valence-electron chi connectivity index (χ3n) is 8.17. The Bertz CT molecular complexity index is 1860. The summed E-state index contributed by atoms with van der Waals surface area (Å²) in [7, 11) is 0. The molecule has 1 fully saturated rings. The lowest BCUT2D eigenvalue weighted by molar-refractivity contribution is -0.127. The first-order valence-corrected chi connectivity index (χ1v) is 16.9. The van der Waals surface area contributed by atoms with E-state index in [-0.39, 0.29) is 5.91 Å². The van der Waals surface area contributed by atoms with Gasteiger partial charge >= 0.3 is 0 Å². The molecule has 1 aliphatic rings. The normalized spacial score (nSPS) is 13.4. The molecule has 0 atom stereocenters. The van der Waals surface area contributed by atoms with Crippen molar-refractivity contribution in [1.82, 2.24) is 14.8 Å². The number of pyridine rings is 1. The zero-order valence-electron chi connectivity index (χ0n) is 27.4. The lowest BCUT2D eigenvalue weighted by Gasteiger charge is -2.34. The molecule has 2 heterocycles. The Hall–Kier alpha value is -4.82. The van der Waals surface area contributed by atoms with Crippen molar-refractivity contribution in [2.45, 2.75) is 27.0 Å². The van der Waals surface area contributed by atoms with E-state index in [9.17, 15) is 4.79 Å². The number of carbonyl (C=O) groups excluding carboxylic acids is 1. The second kappa shape index (κ2) is 16.1. The van der Waals surface area contributed by atoms with E-state index in [0.29, 0.717) is 47.1 Å². The first-order chi connectivity index (χ1) is 23.8. The summed E-state index contributed by atoms with van der Waals surface area (Å²) >= 11 is 12.6. The summed E-state index contributed by atoms with van der Waals surface area (Å²) in [5.41, 5.74) is 5.14. The molecule has 0 radical (unpaired) electrons. The van der Waals surface area contributed by atoms with Crippen LogP contribution in [0.2, 0.25) is 10.0 Å². The molecule has 250 valence electrons. The van der Waals surface area contributed by atoms with Crippen molar-refractivity contribution in [2.75, 3.05) is 26.2 Å². The average molecular weight is 695 g/mol. The number of benzene rings is 4. The van der Waals surface area contributed by atoms with Crippen LogP contribution in [0.15, 0.2) is 109 Å². The number of carbonyl (C=O) groups is 1. The van der Waals surface area contributed by atoms with Crippen molar-refractivity contribution in [3.63, 3.8) is 0 Å². The fourth-order valence-electron chi connectivity index (χ4n) is 5.41. The lowest BCUT2D eigenvalue weighted by Crippen LogP contribution is -2.47. The van der Waals surface area contributed by atoms with Crippen LogP contribution in [0.3, 0.4) is 0 Å². The minimum Gasteiger partial charge on any atom is -0.487 e. The minimum absolute atomic E-state index is 0.0219. The molecule has 49 heavy (non-hydrogen) atoms. The Morgan fingerprint density at radius 1 is 0.776 bits per heavy atom. The fourth-order valence-corrected chi connectivity index (χ4v) is 5.85. The van der Waals surface area contributed by atoms with E-state index in [1.54, 1.807) is 42.6 Å². The van der Waals surface area contributed by atoms with Crippen LogP contribution in [0.1, 0.15) is 27.8 Å². The highest BCUT2D eigenvalue weighted by Gasteiger charge is 2.20. The molecule has 1 amide bonds. The predicted octanol–water partition coefficient (Wildman–Crippen LogP) is 9.53. The first kappa shape index (κ1) is 34.1. The quantitative estimate of drug-likeness (QED) is 0.128. The Balaban J connectivity index is 0.960. The van der Waals surface area contributed by atoms with Crippen LogP contribution in [0.25, 0.3) is 6.08 Å². The van der Waals surface area contributed by atoms with Crippen LogP contribution in [-0.4, -0.2) is 46.9 Å². The van der Waals surface area contributed by atoms with Crippen molar-refractivity contribution in [1.29, 1.82) is 0 Å². The van der Waals surface area contributed by atoms with E-state index in [0.717, 1.165) is 47.8 Å². The molecule has 9 heteroatoms. The minimum atomic E-state index is -0.0219. The van der Waals surface area contributed by atoms with Gasteiger partial charge < -0.3 is 19.1 Å². The number of aromatic nitrogens is 1. The summed E-state index contributed by atoms with van der Waals surface area (Å²) in [5, 5.41) is 1.11. The number of nitrogens with zero attached hydrogens (tertiary/aromatic N) is 3. The topological polar surface area (TPSA) is 64.1 Å². The Morgan fingerprint density at radius 3 is 2.08 bits per heavy atom. The molecule has 0 spiro atoms. The van der Waals surface area contributed by atoms with E-state index in [1.807, 2.05) is 60.4 Å². The maximum atomic E-state index is 13.0. The van der Waals surface area contributed by atoms with Gasteiger partial charge in [-0.3, -0.25) is 9.69 Å². The van der Waals surface area contributed by atoms with Crippen LogP contribution in [0.4, 0.5) is 0 Å². The molecular formula is C40H37Cl2N3O4. The summed E-state index contributed by atoms with van der Waals surface area (Å²) in [4.78, 5) is 21.6. The van der Waals surface area contributed by atoms with Crippen molar-refractivity contribution in [3.8, 4) is 28.9 Å². The smallest absolute Gasteiger partial charge is 0.246 e. The highest BCUT2D eigenvalue weighted by Crippen LogP contribution is 2.34. The number of ether oxygens (including phenoxy) is 3. The van der Waals surface area contributed by atoms with Crippen LogP contribution >= 0.6 is 23.2 Å². The number of rotatable bonds is 11. The summed E-state index contributed by atoms with van der Waals surface area (Å²) in [6.45, 7) is 8.17. The molecule has 0 saturated carbocycles. The largest absolute Gasteiger partial charge is 0.487 e. The summed E-state index contributed by atoms with van der Waals surface area (Å²) < 4.78 is 17.8. The molecule has 5 aromatic rings. The van der Waals surface area contributed by atoms with Crippen LogP contribution in [0, 0.1) is 13.8 Å². The van der Waals surface area contributed by atoms with Crippen molar-refractivity contribution >= 4 is 35.2 Å². The second-order valence-corrected chi connectivity index (χ2v) is 12.8. The number of piperazine rings is 1. The van der Waals surface area contributed by atoms with Crippen molar-refractivity contribution < 1.29 is 19.0 Å². The van der Waals surface area contributed by atoms with Gasteiger partial charge in [0.1, 0.15) is 23.9 Å². The summed E-state index contributed by atoms with van der Waals surface area (Å²) in [6, 6.07) is 30.9. The number of aryl methyl sites for hydroxylation is 2. The molecule has 0 unspecified atom stereocenters. The standard InChI is InChI=1S/C40H37Cl2N3O4/c1-28-3-5-31(6-4-28)27-47-36-16-17-38(43-25-36)49-40-29(2)23-32(24-37(40)42)9-18-39(46)45-21-19-44(20-22-45)26-30-7-12-34(13-8-30)48-35-14-10-33(41)11-15-35/h3-18,23-25H,19-22,26-27H2,1-2H3. The third kappa shape index (κ3) is 9.63. The average Bonchev–Trinajstić information content (AvgIpc) is 3.11. The molecule has 6 rings (SSSR count). The predicted molar refractivity (Wildman–Crippen MR) is 195 cm³/mol. The van der Waals surface area contributed by atoms with Gasteiger partial charge in [-0.25, -0.2) is 4.98 Å². The summed E-state index contributed by atoms with van der Waals surface area (Å²) in [5.74, 6) is 3.07. The Morgan fingerprint density at radius 2 is 1.43 bits per heavy atom. The molecular weight excluding hydrogens is 657 g/mol. The van der Waals surface area contributed by atoms with Gasteiger partial charge in [0, 0.05) is 49.9 Å². The van der Waals surface area contributed by atoms with Gasteiger partial charge in [0.2, 0.25) is 11.8 Å². The molecule has 0 aliphatic carbocycles. The van der Waals surface area contributed by atoms with Gasteiger partial charge in [-0.1, -0.05) is 65.2 Å². The molecule has 1 aliphatic heterocycles. The maximum Gasteiger partial charge on any atom is 0.246 e. The SMILES string of the molecule is Cc1ccc(COc2ccc(Oc3c(C)cc(C=CC(=O)N4CCN(Cc5ccc(Oc6ccc(Cl)cc6)cc5)CC4)cc3Cl)nc2)cc1. The Kier molecular flexibility index (Phi) is 11.2. The fraction of sp³-hybridized carbons (Fsp3) is 0.200. The first-order valence-electron chi connectivity index (χ1n) is 16.1. The molecule has 0 bridgehead atoms. The molecule has 7 nitrogen and oxygen atoms in total. The van der Waals surface area contributed by atoms with E-state index in [1.165, 1.54) is 11.1 Å². The molecule has 1 saturated heterocycles. The van der Waals surface area contributed by atoms with E-state index in [4.69, 9.17) is 37.4 Å². The van der Waals surface area contributed by atoms with Gasteiger partial charge in [0.25, 0.3) is 0 Å².